The van der Waals surface area contributed by atoms with Gasteiger partial charge in [-0.3, -0.25) is 9.78 Å². The summed E-state index contributed by atoms with van der Waals surface area (Å²) in [6.07, 6.45) is 4.45. The second-order valence-corrected chi connectivity index (χ2v) is 4.39. The summed E-state index contributed by atoms with van der Waals surface area (Å²) >= 11 is 0. The van der Waals surface area contributed by atoms with Crippen molar-refractivity contribution in [1.29, 1.82) is 0 Å². The molecule has 0 aliphatic carbocycles. The first-order valence-corrected chi connectivity index (χ1v) is 6.47. The summed E-state index contributed by atoms with van der Waals surface area (Å²) in [5, 5.41) is 3.89. The summed E-state index contributed by atoms with van der Waals surface area (Å²) in [5.74, 6) is 0.843. The van der Waals surface area contributed by atoms with E-state index in [1.165, 1.54) is 12.4 Å². The van der Waals surface area contributed by atoms with Crippen LogP contribution in [0.25, 0.3) is 0 Å². The Bertz CT molecular complexity index is 679. The molecule has 1 aromatic heterocycles. The highest BCUT2D eigenvalue weighted by molar-refractivity contribution is 5.92. The third-order valence-electron chi connectivity index (χ3n) is 2.74. The van der Waals surface area contributed by atoms with Crippen LogP contribution >= 0.6 is 0 Å². The Morgan fingerprint density at radius 1 is 1.18 bits per heavy atom. The number of amides is 1. The van der Waals surface area contributed by atoms with Gasteiger partial charge in [0.25, 0.3) is 5.91 Å². The number of nitrogens with zero attached hydrogens (tertiary/aromatic N) is 3. The molecule has 1 aromatic carbocycles. The summed E-state index contributed by atoms with van der Waals surface area (Å²) in [6.45, 7) is 1.76. The highest BCUT2D eigenvalue weighted by atomic mass is 16.5. The Hall–Kier alpha value is -2.96. The summed E-state index contributed by atoms with van der Waals surface area (Å²) in [6, 6.07) is 5.29. The Kier molecular flexibility index (Phi) is 5.02. The minimum absolute atomic E-state index is 0.209. The topological polar surface area (TPSA) is 85.7 Å². The molecule has 0 bridgehead atoms. The number of aromatic nitrogens is 2. The summed E-state index contributed by atoms with van der Waals surface area (Å²) < 4.78 is 10.3. The van der Waals surface area contributed by atoms with Gasteiger partial charge < -0.3 is 9.47 Å². The molecule has 0 unspecified atom stereocenters. The van der Waals surface area contributed by atoms with Crippen LogP contribution in [-0.4, -0.2) is 36.3 Å². The van der Waals surface area contributed by atoms with Crippen molar-refractivity contribution in [3.8, 4) is 11.5 Å². The lowest BCUT2D eigenvalue weighted by Crippen LogP contribution is -2.19. The van der Waals surface area contributed by atoms with Crippen molar-refractivity contribution >= 4 is 12.1 Å². The van der Waals surface area contributed by atoms with E-state index < -0.39 is 5.91 Å². The van der Waals surface area contributed by atoms with Gasteiger partial charge in [-0.05, 0) is 19.1 Å². The number of benzene rings is 1. The van der Waals surface area contributed by atoms with Crippen LogP contribution in [-0.2, 0) is 0 Å². The maximum atomic E-state index is 11.9. The monoisotopic (exact) mass is 300 g/mol. The first-order chi connectivity index (χ1) is 10.6. The van der Waals surface area contributed by atoms with E-state index in [-0.39, 0.29) is 5.69 Å². The predicted molar refractivity (Wildman–Crippen MR) is 81.4 cm³/mol. The molecule has 0 saturated carbocycles. The van der Waals surface area contributed by atoms with Crippen LogP contribution in [0.2, 0.25) is 0 Å². The maximum Gasteiger partial charge on any atom is 0.291 e. The van der Waals surface area contributed by atoms with Crippen LogP contribution in [0.5, 0.6) is 11.5 Å². The maximum absolute atomic E-state index is 11.9. The van der Waals surface area contributed by atoms with Crippen LogP contribution in [0, 0.1) is 6.92 Å². The van der Waals surface area contributed by atoms with Gasteiger partial charge in [0.05, 0.1) is 32.3 Å². The summed E-state index contributed by atoms with van der Waals surface area (Å²) in [5.41, 5.74) is 3.99. The van der Waals surface area contributed by atoms with E-state index in [1.807, 2.05) is 0 Å². The van der Waals surface area contributed by atoms with Gasteiger partial charge in [0.2, 0.25) is 0 Å². The normalized spacial score (nSPS) is 10.5. The Labute approximate surface area is 128 Å². The van der Waals surface area contributed by atoms with Crippen LogP contribution in [0.4, 0.5) is 0 Å². The van der Waals surface area contributed by atoms with Crippen LogP contribution in [0.15, 0.2) is 35.7 Å². The van der Waals surface area contributed by atoms with E-state index in [9.17, 15) is 4.79 Å². The number of rotatable bonds is 5. The second kappa shape index (κ2) is 7.16. The van der Waals surface area contributed by atoms with E-state index in [4.69, 9.17) is 9.47 Å². The van der Waals surface area contributed by atoms with E-state index in [0.717, 1.165) is 5.56 Å². The minimum Gasteiger partial charge on any atom is -0.497 e. The van der Waals surface area contributed by atoms with Crippen LogP contribution < -0.4 is 14.9 Å². The molecule has 114 valence electrons. The number of ether oxygens (including phenoxy) is 2. The average Bonchev–Trinajstić information content (AvgIpc) is 2.54. The van der Waals surface area contributed by atoms with Crippen molar-refractivity contribution in [1.82, 2.24) is 15.4 Å². The zero-order valence-electron chi connectivity index (χ0n) is 12.5. The minimum atomic E-state index is -0.428. The smallest absolute Gasteiger partial charge is 0.291 e. The molecule has 7 heteroatoms. The molecule has 0 spiro atoms. The van der Waals surface area contributed by atoms with Gasteiger partial charge in [-0.1, -0.05) is 0 Å². The van der Waals surface area contributed by atoms with Gasteiger partial charge in [0, 0.05) is 17.8 Å². The highest BCUT2D eigenvalue weighted by Crippen LogP contribution is 2.21. The Morgan fingerprint density at radius 2 is 1.86 bits per heavy atom. The second-order valence-electron chi connectivity index (χ2n) is 4.39. The van der Waals surface area contributed by atoms with Crippen molar-refractivity contribution in [3.63, 3.8) is 0 Å². The van der Waals surface area contributed by atoms with Gasteiger partial charge in [-0.15, -0.1) is 0 Å². The molecule has 0 radical (unpaired) electrons. The van der Waals surface area contributed by atoms with E-state index in [2.05, 4.69) is 20.5 Å². The van der Waals surface area contributed by atoms with Crippen molar-refractivity contribution < 1.29 is 14.3 Å². The Morgan fingerprint density at radius 3 is 2.45 bits per heavy atom. The number of carbonyl (C=O) groups is 1. The fraction of sp³-hybridized carbons (Fsp3) is 0.200. The first kappa shape index (κ1) is 15.4. The van der Waals surface area contributed by atoms with Gasteiger partial charge in [0.15, 0.2) is 0 Å². The van der Waals surface area contributed by atoms with Gasteiger partial charge in [-0.2, -0.15) is 5.10 Å². The highest BCUT2D eigenvalue weighted by Gasteiger charge is 2.06. The lowest BCUT2D eigenvalue weighted by molar-refractivity contribution is 0.0949. The van der Waals surface area contributed by atoms with Crippen LogP contribution in [0.1, 0.15) is 21.7 Å². The molecule has 0 fully saturated rings. The quantitative estimate of drug-likeness (QED) is 0.669. The predicted octanol–water partition coefficient (Wildman–Crippen LogP) is 1.57. The lowest BCUT2D eigenvalue weighted by Gasteiger charge is -2.05. The fourth-order valence-electron chi connectivity index (χ4n) is 1.70. The first-order valence-electron chi connectivity index (χ1n) is 6.47. The molecule has 2 rings (SSSR count). The molecule has 1 heterocycles. The van der Waals surface area contributed by atoms with E-state index in [0.29, 0.717) is 17.2 Å². The van der Waals surface area contributed by atoms with Gasteiger partial charge >= 0.3 is 0 Å². The molecule has 0 aliphatic rings. The molecular weight excluding hydrogens is 284 g/mol. The van der Waals surface area contributed by atoms with Crippen molar-refractivity contribution in [2.24, 2.45) is 5.10 Å². The third-order valence-corrected chi connectivity index (χ3v) is 2.74. The molecule has 22 heavy (non-hydrogen) atoms. The number of hydrogen-bond donors (Lipinski definition) is 1. The van der Waals surface area contributed by atoms with E-state index in [1.54, 1.807) is 45.5 Å². The molecule has 1 N–H and O–H groups in total. The number of carbonyl (C=O) groups excluding carboxylic acids is 1. The zero-order valence-corrected chi connectivity index (χ0v) is 12.5. The van der Waals surface area contributed by atoms with Crippen LogP contribution in [0.3, 0.4) is 0 Å². The molecule has 0 saturated heterocycles. The molecular formula is C15H16N4O3. The van der Waals surface area contributed by atoms with Gasteiger partial charge in [0.1, 0.15) is 17.2 Å². The average molecular weight is 300 g/mol. The Balaban J connectivity index is 2.07. The van der Waals surface area contributed by atoms with E-state index >= 15 is 0 Å². The zero-order chi connectivity index (χ0) is 15.9. The fourth-order valence-corrected chi connectivity index (χ4v) is 1.70. The van der Waals surface area contributed by atoms with Gasteiger partial charge in [-0.25, -0.2) is 10.4 Å². The molecule has 2 aromatic rings. The SMILES string of the molecule is COc1cc(/C=N/NC(=O)c2cncc(C)n2)cc(OC)c1. The number of hydrazone groups is 1. The summed E-state index contributed by atoms with van der Waals surface area (Å²) in [7, 11) is 3.13. The number of nitrogens with one attached hydrogen (secondary N) is 1. The molecule has 0 atom stereocenters. The number of aryl methyl sites for hydroxylation is 1. The molecule has 0 aliphatic heterocycles. The van der Waals surface area contributed by atoms with Crippen molar-refractivity contribution in [2.45, 2.75) is 6.92 Å². The number of methoxy groups -OCH3 is 2. The lowest BCUT2D eigenvalue weighted by atomic mass is 10.2. The van der Waals surface area contributed by atoms with Crippen molar-refractivity contribution in [3.05, 3.63) is 47.5 Å². The third kappa shape index (κ3) is 4.02. The largest absolute Gasteiger partial charge is 0.497 e. The summed E-state index contributed by atoms with van der Waals surface area (Å²) in [4.78, 5) is 19.8. The standard InChI is InChI=1S/C15H16N4O3/c1-10-7-16-9-14(18-10)15(20)19-17-8-11-4-12(21-2)6-13(5-11)22-3/h4-9H,1-3H3,(H,19,20)/b17-8+. The number of hydrogen-bond acceptors (Lipinski definition) is 6. The van der Waals surface area contributed by atoms with Crippen molar-refractivity contribution in [2.75, 3.05) is 14.2 Å². The molecule has 1 amide bonds. The molecule has 7 nitrogen and oxygen atoms in total.